The third-order valence-electron chi connectivity index (χ3n) is 4.52. The van der Waals surface area contributed by atoms with E-state index in [1.54, 1.807) is 24.3 Å². The lowest BCUT2D eigenvalue weighted by atomic mass is 10.0. The smallest absolute Gasteiger partial charge is 0.339 e. The lowest BCUT2D eigenvalue weighted by molar-refractivity contribution is 0.0111. The first-order valence-electron chi connectivity index (χ1n) is 9.82. The number of esters is 2. The van der Waals surface area contributed by atoms with Gasteiger partial charge in [0.1, 0.15) is 12.2 Å². The van der Waals surface area contributed by atoms with Gasteiger partial charge in [0.25, 0.3) is 0 Å². The van der Waals surface area contributed by atoms with Crippen molar-refractivity contribution in [1.82, 2.24) is 0 Å². The van der Waals surface area contributed by atoms with Crippen molar-refractivity contribution in [3.63, 3.8) is 0 Å². The Morgan fingerprint density at radius 2 is 1.12 bits per heavy atom. The van der Waals surface area contributed by atoms with Crippen LogP contribution in [0.3, 0.4) is 0 Å². The summed E-state index contributed by atoms with van der Waals surface area (Å²) in [5, 5.41) is 0. The zero-order valence-corrected chi connectivity index (χ0v) is 17.1. The van der Waals surface area contributed by atoms with Crippen molar-refractivity contribution in [2.24, 2.45) is 11.8 Å². The van der Waals surface area contributed by atoms with E-state index in [1.165, 1.54) is 0 Å². The first kappa shape index (κ1) is 22.2. The van der Waals surface area contributed by atoms with Gasteiger partial charge in [0, 0.05) is 0 Å². The van der Waals surface area contributed by atoms with Crippen LogP contribution in [0.15, 0.2) is 24.3 Å². The van der Waals surface area contributed by atoms with Crippen LogP contribution in [0, 0.1) is 11.8 Å². The minimum absolute atomic E-state index is 0.153. The Morgan fingerprint density at radius 3 is 1.38 bits per heavy atom. The first-order valence-corrected chi connectivity index (χ1v) is 9.82. The fourth-order valence-electron chi connectivity index (χ4n) is 2.87. The summed E-state index contributed by atoms with van der Waals surface area (Å²) in [6.07, 6.45) is 3.18. The second-order valence-corrected chi connectivity index (χ2v) is 7.50. The van der Waals surface area contributed by atoms with E-state index in [0.29, 0.717) is 0 Å². The largest absolute Gasteiger partial charge is 0.458 e. The maximum absolute atomic E-state index is 12.7. The van der Waals surface area contributed by atoms with E-state index >= 15 is 0 Å². The normalized spacial score (nSPS) is 13.5. The molecule has 0 radical (unpaired) electrons. The predicted molar refractivity (Wildman–Crippen MR) is 104 cm³/mol. The van der Waals surface area contributed by atoms with E-state index in [-0.39, 0.29) is 35.2 Å². The van der Waals surface area contributed by atoms with Gasteiger partial charge in [-0.1, -0.05) is 66.5 Å². The molecule has 0 spiro atoms. The van der Waals surface area contributed by atoms with Gasteiger partial charge >= 0.3 is 11.9 Å². The molecule has 1 rings (SSSR count). The molecule has 4 nitrogen and oxygen atoms in total. The van der Waals surface area contributed by atoms with Crippen molar-refractivity contribution in [3.8, 4) is 0 Å². The maximum Gasteiger partial charge on any atom is 0.339 e. The molecule has 0 aromatic heterocycles. The van der Waals surface area contributed by atoms with Gasteiger partial charge in [0.15, 0.2) is 0 Å². The molecule has 0 aliphatic carbocycles. The zero-order valence-electron chi connectivity index (χ0n) is 17.1. The third kappa shape index (κ3) is 6.47. The molecule has 0 fully saturated rings. The number of carbonyl (C=O) groups is 2. The molecule has 0 heterocycles. The number of rotatable bonds is 10. The van der Waals surface area contributed by atoms with Crippen molar-refractivity contribution in [2.45, 2.75) is 79.4 Å². The van der Waals surface area contributed by atoms with Crippen molar-refractivity contribution < 1.29 is 19.1 Å². The molecule has 0 aliphatic heterocycles. The van der Waals surface area contributed by atoms with Crippen LogP contribution in [0.2, 0.25) is 0 Å². The molecule has 2 atom stereocenters. The van der Waals surface area contributed by atoms with E-state index in [2.05, 4.69) is 13.8 Å². The molecule has 1 aromatic carbocycles. The fourth-order valence-corrected chi connectivity index (χ4v) is 2.87. The lowest BCUT2D eigenvalue weighted by Crippen LogP contribution is -2.27. The summed E-state index contributed by atoms with van der Waals surface area (Å²) in [5.74, 6) is -0.455. The molecule has 0 amide bonds. The molecular formula is C22H34O4. The predicted octanol–water partition coefficient (Wildman–Crippen LogP) is 5.65. The van der Waals surface area contributed by atoms with Gasteiger partial charge in [0.05, 0.1) is 11.1 Å². The summed E-state index contributed by atoms with van der Waals surface area (Å²) in [4.78, 5) is 25.4. The molecule has 0 saturated heterocycles. The molecule has 0 saturated carbocycles. The molecule has 146 valence electrons. The monoisotopic (exact) mass is 362 g/mol. The van der Waals surface area contributed by atoms with Gasteiger partial charge < -0.3 is 9.47 Å². The lowest BCUT2D eigenvalue weighted by Gasteiger charge is -2.23. The second kappa shape index (κ2) is 11.0. The molecular weight excluding hydrogens is 328 g/mol. The van der Waals surface area contributed by atoms with Crippen LogP contribution in [-0.4, -0.2) is 24.1 Å². The molecule has 1 aromatic rings. The summed E-state index contributed by atoms with van der Waals surface area (Å²) in [6.45, 7) is 12.3. The van der Waals surface area contributed by atoms with Crippen LogP contribution in [0.1, 0.15) is 87.9 Å². The highest BCUT2D eigenvalue weighted by Crippen LogP contribution is 2.20. The minimum atomic E-state index is -0.457. The second-order valence-electron chi connectivity index (χ2n) is 7.50. The fraction of sp³-hybridized carbons (Fsp3) is 0.636. The molecule has 0 N–H and O–H groups in total. The van der Waals surface area contributed by atoms with Gasteiger partial charge in [-0.15, -0.1) is 0 Å². The van der Waals surface area contributed by atoms with Gasteiger partial charge in [-0.25, -0.2) is 9.59 Å². The Bertz CT molecular complexity index is 526. The maximum atomic E-state index is 12.7. The highest BCUT2D eigenvalue weighted by atomic mass is 16.6. The number of benzene rings is 1. The Kier molecular flexibility index (Phi) is 9.39. The standard InChI is InChI=1S/C22H34O4/c1-7-11-19(15(3)4)25-21(23)17-13-9-10-14-18(17)22(24)26-20(12-8-2)16(5)6/h9-10,13-16,19-20H,7-8,11-12H2,1-6H3. The van der Waals surface area contributed by atoms with Gasteiger partial charge in [-0.3, -0.25) is 0 Å². The summed E-state index contributed by atoms with van der Waals surface area (Å²) < 4.78 is 11.4. The Labute approximate surface area is 158 Å². The van der Waals surface area contributed by atoms with Crippen LogP contribution >= 0.6 is 0 Å². The number of hydrogen-bond acceptors (Lipinski definition) is 4. The first-order chi connectivity index (χ1) is 12.3. The summed E-state index contributed by atoms with van der Waals surface area (Å²) in [6, 6.07) is 6.74. The van der Waals surface area contributed by atoms with Gasteiger partial charge in [-0.05, 0) is 36.8 Å². The molecule has 0 aliphatic rings. The number of carbonyl (C=O) groups excluding carboxylic acids is 2. The van der Waals surface area contributed by atoms with Crippen LogP contribution in [-0.2, 0) is 9.47 Å². The summed E-state index contributed by atoms with van der Waals surface area (Å²) in [7, 11) is 0. The van der Waals surface area contributed by atoms with E-state index in [1.807, 2.05) is 27.7 Å². The van der Waals surface area contributed by atoms with E-state index in [0.717, 1.165) is 25.7 Å². The van der Waals surface area contributed by atoms with E-state index < -0.39 is 11.9 Å². The van der Waals surface area contributed by atoms with Crippen LogP contribution in [0.4, 0.5) is 0 Å². The van der Waals surface area contributed by atoms with Crippen LogP contribution < -0.4 is 0 Å². The highest BCUT2D eigenvalue weighted by molar-refractivity contribution is 6.03. The number of hydrogen-bond donors (Lipinski definition) is 0. The summed E-state index contributed by atoms with van der Waals surface area (Å²) in [5.41, 5.74) is 0.552. The molecule has 0 bridgehead atoms. The Morgan fingerprint density at radius 1 is 0.769 bits per heavy atom. The van der Waals surface area contributed by atoms with Crippen molar-refractivity contribution in [2.75, 3.05) is 0 Å². The zero-order chi connectivity index (χ0) is 19.7. The average molecular weight is 363 g/mol. The minimum Gasteiger partial charge on any atom is -0.458 e. The Hall–Kier alpha value is -1.84. The topological polar surface area (TPSA) is 52.6 Å². The molecule has 2 unspecified atom stereocenters. The van der Waals surface area contributed by atoms with Gasteiger partial charge in [-0.2, -0.15) is 0 Å². The number of ether oxygens (including phenoxy) is 2. The van der Waals surface area contributed by atoms with E-state index in [9.17, 15) is 9.59 Å². The van der Waals surface area contributed by atoms with Crippen LogP contribution in [0.25, 0.3) is 0 Å². The quantitative estimate of drug-likeness (QED) is 0.505. The third-order valence-corrected chi connectivity index (χ3v) is 4.52. The summed E-state index contributed by atoms with van der Waals surface area (Å²) >= 11 is 0. The van der Waals surface area contributed by atoms with Gasteiger partial charge in [0.2, 0.25) is 0 Å². The highest BCUT2D eigenvalue weighted by Gasteiger charge is 2.25. The Balaban J connectivity index is 2.98. The van der Waals surface area contributed by atoms with E-state index in [4.69, 9.17) is 9.47 Å². The molecule has 4 heteroatoms. The van der Waals surface area contributed by atoms with Crippen molar-refractivity contribution >= 4 is 11.9 Å². The van der Waals surface area contributed by atoms with Crippen LogP contribution in [0.5, 0.6) is 0 Å². The SMILES string of the molecule is CCCC(OC(=O)c1ccccc1C(=O)OC(CCC)C(C)C)C(C)C. The van der Waals surface area contributed by atoms with Crippen molar-refractivity contribution in [3.05, 3.63) is 35.4 Å². The molecule has 26 heavy (non-hydrogen) atoms. The average Bonchev–Trinajstić information content (AvgIpc) is 2.60. The van der Waals surface area contributed by atoms with Crippen molar-refractivity contribution in [1.29, 1.82) is 0 Å².